The van der Waals surface area contributed by atoms with E-state index in [1.165, 1.54) is 15.3 Å². The highest BCUT2D eigenvalue weighted by molar-refractivity contribution is 5.72. The maximum atomic E-state index is 12.8. The third-order valence-corrected chi connectivity index (χ3v) is 4.36. The van der Waals surface area contributed by atoms with Crippen molar-refractivity contribution in [1.29, 1.82) is 0 Å². The molecule has 2 aromatic heterocycles. The number of benzene rings is 1. The van der Waals surface area contributed by atoms with Crippen molar-refractivity contribution in [2.24, 2.45) is 7.05 Å². The Hall–Kier alpha value is -2.76. The van der Waals surface area contributed by atoms with E-state index in [1.54, 1.807) is 14.0 Å². The van der Waals surface area contributed by atoms with Gasteiger partial charge in [0.25, 0.3) is 5.56 Å². The molecule has 6 heteroatoms. The molecule has 0 amide bonds. The molecule has 3 aromatic rings. The molecule has 1 aromatic carbocycles. The van der Waals surface area contributed by atoms with Gasteiger partial charge in [-0.2, -0.15) is 0 Å². The van der Waals surface area contributed by atoms with Crippen molar-refractivity contribution >= 4 is 11.0 Å². The Bertz CT molecular complexity index is 1050. The maximum absolute atomic E-state index is 12.8. The summed E-state index contributed by atoms with van der Waals surface area (Å²) in [5, 5.41) is 0.352. The number of fused-ring (bicyclic) bond motifs is 1. The molecule has 0 spiro atoms. The molecule has 0 unspecified atom stereocenters. The quantitative estimate of drug-likeness (QED) is 0.720. The van der Waals surface area contributed by atoms with Gasteiger partial charge in [-0.25, -0.2) is 14.8 Å². The van der Waals surface area contributed by atoms with Gasteiger partial charge in [-0.3, -0.25) is 13.9 Å². The lowest BCUT2D eigenvalue weighted by Gasteiger charge is -2.14. The van der Waals surface area contributed by atoms with Crippen molar-refractivity contribution in [3.63, 3.8) is 0 Å². The van der Waals surface area contributed by atoms with E-state index in [0.29, 0.717) is 16.9 Å². The molecular formula is C18H20N4O2. The van der Waals surface area contributed by atoms with Crippen molar-refractivity contribution in [3.8, 4) is 0 Å². The lowest BCUT2D eigenvalue weighted by atomic mass is 10.00. The average molecular weight is 324 g/mol. The largest absolute Gasteiger partial charge is 0.332 e. The van der Waals surface area contributed by atoms with Crippen LogP contribution in [-0.4, -0.2) is 19.1 Å². The average Bonchev–Trinajstić information content (AvgIpc) is 2.51. The lowest BCUT2D eigenvalue weighted by molar-refractivity contribution is 0.651. The van der Waals surface area contributed by atoms with Gasteiger partial charge in [0.1, 0.15) is 11.2 Å². The maximum Gasteiger partial charge on any atom is 0.332 e. The highest BCUT2D eigenvalue weighted by Gasteiger charge is 2.15. The van der Waals surface area contributed by atoms with Crippen LogP contribution in [0.1, 0.15) is 28.1 Å². The van der Waals surface area contributed by atoms with E-state index >= 15 is 0 Å². The second-order valence-electron chi connectivity index (χ2n) is 6.26. The van der Waals surface area contributed by atoms with E-state index in [-0.39, 0.29) is 17.8 Å². The minimum absolute atomic E-state index is 0.243. The van der Waals surface area contributed by atoms with Crippen molar-refractivity contribution in [3.05, 3.63) is 67.2 Å². The SMILES string of the molecule is Cc1cc(C)c(Cn2c(=O)c3cnc(C)nc3n(C)c2=O)c(C)c1. The molecule has 0 saturated heterocycles. The minimum Gasteiger partial charge on any atom is -0.280 e. The molecule has 3 rings (SSSR count). The Morgan fingerprint density at radius 2 is 1.67 bits per heavy atom. The molecule has 0 aliphatic rings. The van der Waals surface area contributed by atoms with Gasteiger partial charge in [-0.05, 0) is 44.4 Å². The van der Waals surface area contributed by atoms with Crippen LogP contribution in [0.15, 0.2) is 27.9 Å². The Kier molecular flexibility index (Phi) is 3.83. The summed E-state index contributed by atoms with van der Waals surface area (Å²) < 4.78 is 2.66. The Morgan fingerprint density at radius 3 is 2.29 bits per heavy atom. The van der Waals surface area contributed by atoms with E-state index in [4.69, 9.17) is 0 Å². The molecule has 2 heterocycles. The topological polar surface area (TPSA) is 69.8 Å². The van der Waals surface area contributed by atoms with Gasteiger partial charge in [-0.15, -0.1) is 0 Å². The first-order chi connectivity index (χ1) is 11.3. The molecule has 0 fully saturated rings. The van der Waals surface area contributed by atoms with Gasteiger partial charge in [0.05, 0.1) is 6.54 Å². The summed E-state index contributed by atoms with van der Waals surface area (Å²) in [6.07, 6.45) is 1.49. The van der Waals surface area contributed by atoms with Gasteiger partial charge in [0.15, 0.2) is 5.65 Å². The minimum atomic E-state index is -0.370. The standard InChI is InChI=1S/C18H20N4O2/c1-10-6-11(2)15(12(3)7-10)9-22-17(23)14-8-19-13(4)20-16(14)21(5)18(22)24/h6-8H,9H2,1-5H3. The molecule has 0 aliphatic carbocycles. The van der Waals surface area contributed by atoms with E-state index in [1.807, 2.05) is 20.8 Å². The highest BCUT2D eigenvalue weighted by atomic mass is 16.2. The van der Waals surface area contributed by atoms with E-state index in [2.05, 4.69) is 22.1 Å². The predicted molar refractivity (Wildman–Crippen MR) is 93.5 cm³/mol. The zero-order valence-corrected chi connectivity index (χ0v) is 14.5. The fraction of sp³-hybridized carbons (Fsp3) is 0.333. The smallest absolute Gasteiger partial charge is 0.280 e. The first kappa shape index (κ1) is 16.1. The molecule has 0 saturated carbocycles. The van der Waals surface area contributed by atoms with Gasteiger partial charge < -0.3 is 0 Å². The number of hydrogen-bond donors (Lipinski definition) is 0. The van der Waals surface area contributed by atoms with Crippen LogP contribution in [0.4, 0.5) is 0 Å². The number of aromatic nitrogens is 4. The summed E-state index contributed by atoms with van der Waals surface area (Å²) in [6.45, 7) is 8.00. The zero-order chi connectivity index (χ0) is 17.6. The van der Waals surface area contributed by atoms with Crippen molar-refractivity contribution < 1.29 is 0 Å². The van der Waals surface area contributed by atoms with Crippen LogP contribution >= 0.6 is 0 Å². The predicted octanol–water partition coefficient (Wildman–Crippen LogP) is 1.77. The summed E-state index contributed by atoms with van der Waals surface area (Å²) in [4.78, 5) is 33.8. The Labute approximate surface area is 139 Å². The molecule has 0 N–H and O–H groups in total. The fourth-order valence-electron chi connectivity index (χ4n) is 3.13. The second kappa shape index (κ2) is 5.70. The molecule has 0 bridgehead atoms. The van der Waals surface area contributed by atoms with E-state index in [0.717, 1.165) is 22.3 Å². The van der Waals surface area contributed by atoms with Gasteiger partial charge in [0, 0.05) is 13.2 Å². The molecule has 0 aliphatic heterocycles. The molecular weight excluding hydrogens is 304 g/mol. The highest BCUT2D eigenvalue weighted by Crippen LogP contribution is 2.17. The van der Waals surface area contributed by atoms with Gasteiger partial charge in [-0.1, -0.05) is 17.7 Å². The summed E-state index contributed by atoms with van der Waals surface area (Å²) >= 11 is 0. The number of rotatable bonds is 2. The monoisotopic (exact) mass is 324 g/mol. The molecule has 24 heavy (non-hydrogen) atoms. The molecule has 6 nitrogen and oxygen atoms in total. The zero-order valence-electron chi connectivity index (χ0n) is 14.5. The molecule has 0 radical (unpaired) electrons. The third kappa shape index (κ3) is 2.54. The third-order valence-electron chi connectivity index (χ3n) is 4.36. The Balaban J connectivity index is 2.27. The van der Waals surface area contributed by atoms with E-state index in [9.17, 15) is 9.59 Å². The van der Waals surface area contributed by atoms with Gasteiger partial charge >= 0.3 is 5.69 Å². The van der Waals surface area contributed by atoms with Crippen LogP contribution in [0.25, 0.3) is 11.0 Å². The second-order valence-corrected chi connectivity index (χ2v) is 6.26. The van der Waals surface area contributed by atoms with Crippen molar-refractivity contribution in [1.82, 2.24) is 19.1 Å². The fourth-order valence-corrected chi connectivity index (χ4v) is 3.13. The molecule has 0 atom stereocenters. The Morgan fingerprint density at radius 1 is 1.04 bits per heavy atom. The molecule has 124 valence electrons. The lowest BCUT2D eigenvalue weighted by Crippen LogP contribution is -2.40. The van der Waals surface area contributed by atoms with E-state index < -0.39 is 0 Å². The summed E-state index contributed by atoms with van der Waals surface area (Å²) in [5.41, 5.74) is 3.94. The van der Waals surface area contributed by atoms with Crippen molar-refractivity contribution in [2.75, 3.05) is 0 Å². The van der Waals surface area contributed by atoms with Crippen LogP contribution < -0.4 is 11.2 Å². The summed E-state index contributed by atoms with van der Waals surface area (Å²) in [5.74, 6) is 0.528. The first-order valence-corrected chi connectivity index (χ1v) is 7.79. The van der Waals surface area contributed by atoms with Crippen LogP contribution in [0, 0.1) is 27.7 Å². The van der Waals surface area contributed by atoms with Gasteiger partial charge in [0.2, 0.25) is 0 Å². The normalized spacial score (nSPS) is 11.2. The number of aryl methyl sites for hydroxylation is 5. The van der Waals surface area contributed by atoms with Crippen LogP contribution in [0.3, 0.4) is 0 Å². The first-order valence-electron chi connectivity index (χ1n) is 7.79. The summed E-state index contributed by atoms with van der Waals surface area (Å²) in [7, 11) is 1.63. The van der Waals surface area contributed by atoms with Crippen molar-refractivity contribution in [2.45, 2.75) is 34.2 Å². The number of nitrogens with zero attached hydrogens (tertiary/aromatic N) is 4. The number of hydrogen-bond acceptors (Lipinski definition) is 4. The van der Waals surface area contributed by atoms with Crippen LogP contribution in [0.5, 0.6) is 0 Å². The van der Waals surface area contributed by atoms with Crippen LogP contribution in [-0.2, 0) is 13.6 Å². The summed E-state index contributed by atoms with van der Waals surface area (Å²) in [6, 6.07) is 4.12. The van der Waals surface area contributed by atoms with Crippen LogP contribution in [0.2, 0.25) is 0 Å².